The van der Waals surface area contributed by atoms with Gasteiger partial charge in [-0.25, -0.2) is 0 Å². The van der Waals surface area contributed by atoms with Crippen molar-refractivity contribution in [2.75, 3.05) is 0 Å². The lowest BCUT2D eigenvalue weighted by Crippen LogP contribution is -2.28. The number of carbonyl (C=O) groups excluding carboxylic acids is 1. The van der Waals surface area contributed by atoms with E-state index in [-0.39, 0.29) is 11.9 Å². The first-order chi connectivity index (χ1) is 9.11. The first kappa shape index (κ1) is 13.3. The lowest BCUT2D eigenvalue weighted by atomic mass is 10.1. The van der Waals surface area contributed by atoms with E-state index >= 15 is 0 Å². The Morgan fingerprint density at radius 3 is 2.68 bits per heavy atom. The van der Waals surface area contributed by atoms with E-state index in [0.29, 0.717) is 12.2 Å². The Morgan fingerprint density at radius 1 is 1.37 bits per heavy atom. The van der Waals surface area contributed by atoms with Crippen molar-refractivity contribution in [2.24, 2.45) is 0 Å². The highest BCUT2D eigenvalue weighted by atomic mass is 16.2. The van der Waals surface area contributed by atoms with Gasteiger partial charge in [0.2, 0.25) is 0 Å². The summed E-state index contributed by atoms with van der Waals surface area (Å²) in [6.45, 7) is 6.54. The van der Waals surface area contributed by atoms with Crippen LogP contribution in [0.25, 0.3) is 0 Å². The number of rotatable bonds is 4. The van der Waals surface area contributed by atoms with Gasteiger partial charge in [-0.15, -0.1) is 0 Å². The van der Waals surface area contributed by atoms with E-state index in [1.54, 1.807) is 4.68 Å². The second kappa shape index (κ2) is 5.69. The molecule has 1 atom stereocenters. The molecule has 2 rings (SSSR count). The van der Waals surface area contributed by atoms with Crippen molar-refractivity contribution >= 4 is 5.91 Å². The monoisotopic (exact) mass is 257 g/mol. The van der Waals surface area contributed by atoms with Crippen LogP contribution in [0.5, 0.6) is 0 Å². The normalized spacial score (nSPS) is 12.2. The minimum absolute atomic E-state index is 0.0192. The molecule has 4 heteroatoms. The molecule has 100 valence electrons. The molecule has 1 N–H and O–H groups in total. The zero-order valence-corrected chi connectivity index (χ0v) is 11.6. The van der Waals surface area contributed by atoms with Crippen molar-refractivity contribution < 1.29 is 4.79 Å². The first-order valence-electron chi connectivity index (χ1n) is 6.52. The topological polar surface area (TPSA) is 46.9 Å². The number of amides is 1. The Hall–Kier alpha value is -2.10. The zero-order chi connectivity index (χ0) is 13.8. The van der Waals surface area contributed by atoms with E-state index in [4.69, 9.17) is 0 Å². The van der Waals surface area contributed by atoms with Crippen LogP contribution in [0.2, 0.25) is 0 Å². The van der Waals surface area contributed by atoms with Gasteiger partial charge in [0.1, 0.15) is 5.69 Å². The van der Waals surface area contributed by atoms with Gasteiger partial charge in [0, 0.05) is 6.54 Å². The number of nitrogens with zero attached hydrogens (tertiary/aromatic N) is 2. The summed E-state index contributed by atoms with van der Waals surface area (Å²) in [6.07, 6.45) is 0. The average Bonchev–Trinajstić information content (AvgIpc) is 2.81. The molecule has 1 aromatic heterocycles. The van der Waals surface area contributed by atoms with Crippen LogP contribution in [0.1, 0.15) is 41.6 Å². The van der Waals surface area contributed by atoms with Gasteiger partial charge >= 0.3 is 0 Å². The molecule has 0 fully saturated rings. The Morgan fingerprint density at radius 2 is 2.05 bits per heavy atom. The van der Waals surface area contributed by atoms with Crippen molar-refractivity contribution in [1.29, 1.82) is 0 Å². The van der Waals surface area contributed by atoms with E-state index in [1.165, 1.54) is 0 Å². The summed E-state index contributed by atoms with van der Waals surface area (Å²) < 4.78 is 1.72. The molecule has 0 bridgehead atoms. The van der Waals surface area contributed by atoms with Gasteiger partial charge in [-0.05, 0) is 32.4 Å². The largest absolute Gasteiger partial charge is 0.344 e. The van der Waals surface area contributed by atoms with E-state index in [1.807, 2.05) is 57.2 Å². The highest BCUT2D eigenvalue weighted by Gasteiger charge is 2.15. The number of nitrogens with one attached hydrogen (secondary N) is 1. The predicted molar refractivity (Wildman–Crippen MR) is 75.0 cm³/mol. The Balaban J connectivity index is 2.13. The molecule has 1 unspecified atom stereocenters. The molecule has 1 aromatic carbocycles. The molecule has 19 heavy (non-hydrogen) atoms. The summed E-state index contributed by atoms with van der Waals surface area (Å²) in [6, 6.07) is 11.7. The van der Waals surface area contributed by atoms with Crippen LogP contribution in [0.4, 0.5) is 0 Å². The molecule has 0 radical (unpaired) electrons. The lowest BCUT2D eigenvalue weighted by molar-refractivity contribution is 0.0929. The van der Waals surface area contributed by atoms with Crippen molar-refractivity contribution in [3.8, 4) is 0 Å². The molecule has 4 nitrogen and oxygen atoms in total. The molecule has 0 spiro atoms. The molecule has 1 heterocycles. The maximum Gasteiger partial charge on any atom is 0.270 e. The van der Waals surface area contributed by atoms with E-state index < -0.39 is 0 Å². The summed E-state index contributed by atoms with van der Waals surface area (Å²) in [4.78, 5) is 12.2. The second-order valence-electron chi connectivity index (χ2n) is 4.59. The highest BCUT2D eigenvalue weighted by molar-refractivity contribution is 5.92. The number of aromatic nitrogens is 2. The van der Waals surface area contributed by atoms with E-state index in [2.05, 4.69) is 10.4 Å². The first-order valence-corrected chi connectivity index (χ1v) is 6.52. The van der Waals surface area contributed by atoms with Gasteiger partial charge in [0.05, 0.1) is 11.7 Å². The van der Waals surface area contributed by atoms with Crippen LogP contribution in [0.15, 0.2) is 36.4 Å². The Labute approximate surface area is 113 Å². The summed E-state index contributed by atoms with van der Waals surface area (Å²) in [7, 11) is 0. The van der Waals surface area contributed by atoms with Crippen LogP contribution in [0, 0.1) is 6.92 Å². The number of benzene rings is 1. The molecular weight excluding hydrogens is 238 g/mol. The van der Waals surface area contributed by atoms with Crippen LogP contribution in [-0.4, -0.2) is 15.7 Å². The highest BCUT2D eigenvalue weighted by Crippen LogP contribution is 2.13. The molecule has 0 aliphatic carbocycles. The van der Waals surface area contributed by atoms with Crippen molar-refractivity contribution in [2.45, 2.75) is 33.4 Å². The standard InChI is InChI=1S/C15H19N3O/c1-4-18-14(10-11(2)17-18)15(19)16-12(3)13-8-6-5-7-9-13/h5-10,12H,4H2,1-3H3,(H,16,19). The Kier molecular flexibility index (Phi) is 4.00. The van der Waals surface area contributed by atoms with Gasteiger partial charge < -0.3 is 5.32 Å². The maximum atomic E-state index is 12.2. The van der Waals surface area contributed by atoms with Gasteiger partial charge in [-0.3, -0.25) is 9.48 Å². The molecule has 0 aliphatic rings. The number of carbonyl (C=O) groups is 1. The molecule has 0 aliphatic heterocycles. The van der Waals surface area contributed by atoms with Crippen molar-refractivity contribution in [1.82, 2.24) is 15.1 Å². The fourth-order valence-corrected chi connectivity index (χ4v) is 2.06. The van der Waals surface area contributed by atoms with Gasteiger partial charge in [-0.2, -0.15) is 5.10 Å². The quantitative estimate of drug-likeness (QED) is 0.915. The molecule has 0 saturated heterocycles. The van der Waals surface area contributed by atoms with Crippen LogP contribution in [0.3, 0.4) is 0 Å². The van der Waals surface area contributed by atoms with Crippen molar-refractivity contribution in [3.63, 3.8) is 0 Å². The molecule has 0 saturated carbocycles. The van der Waals surface area contributed by atoms with Crippen LogP contribution < -0.4 is 5.32 Å². The zero-order valence-electron chi connectivity index (χ0n) is 11.6. The third-order valence-corrected chi connectivity index (χ3v) is 3.08. The predicted octanol–water partition coefficient (Wildman–Crippen LogP) is 2.70. The average molecular weight is 257 g/mol. The van der Waals surface area contributed by atoms with Gasteiger partial charge in [0.25, 0.3) is 5.91 Å². The SMILES string of the molecule is CCn1nc(C)cc1C(=O)NC(C)c1ccccc1. The van der Waals surface area contributed by atoms with Crippen LogP contribution in [-0.2, 0) is 6.54 Å². The Bertz CT molecular complexity index is 560. The van der Waals surface area contributed by atoms with Gasteiger partial charge in [0.15, 0.2) is 0 Å². The van der Waals surface area contributed by atoms with Gasteiger partial charge in [-0.1, -0.05) is 30.3 Å². The summed E-state index contributed by atoms with van der Waals surface area (Å²) in [5, 5.41) is 7.29. The number of aryl methyl sites for hydroxylation is 2. The summed E-state index contributed by atoms with van der Waals surface area (Å²) in [5.41, 5.74) is 2.57. The molecule has 2 aromatic rings. The van der Waals surface area contributed by atoms with E-state index in [0.717, 1.165) is 11.3 Å². The second-order valence-corrected chi connectivity index (χ2v) is 4.59. The smallest absolute Gasteiger partial charge is 0.270 e. The fourth-order valence-electron chi connectivity index (χ4n) is 2.06. The third-order valence-electron chi connectivity index (χ3n) is 3.08. The number of hydrogen-bond acceptors (Lipinski definition) is 2. The maximum absolute atomic E-state index is 12.2. The summed E-state index contributed by atoms with van der Waals surface area (Å²) >= 11 is 0. The summed E-state index contributed by atoms with van der Waals surface area (Å²) in [5.74, 6) is -0.0844. The fraction of sp³-hybridized carbons (Fsp3) is 0.333. The molecular formula is C15H19N3O. The van der Waals surface area contributed by atoms with E-state index in [9.17, 15) is 4.79 Å². The van der Waals surface area contributed by atoms with Crippen molar-refractivity contribution in [3.05, 3.63) is 53.3 Å². The lowest BCUT2D eigenvalue weighted by Gasteiger charge is -2.14. The van der Waals surface area contributed by atoms with Crippen LogP contribution >= 0.6 is 0 Å². The number of hydrogen-bond donors (Lipinski definition) is 1. The third kappa shape index (κ3) is 3.02. The minimum atomic E-state index is -0.0844. The minimum Gasteiger partial charge on any atom is -0.344 e. The molecule has 1 amide bonds.